The van der Waals surface area contributed by atoms with Crippen molar-refractivity contribution in [2.24, 2.45) is 5.73 Å². The van der Waals surface area contributed by atoms with Gasteiger partial charge in [0.05, 0.1) is 6.10 Å². The van der Waals surface area contributed by atoms with Crippen LogP contribution in [0, 0.1) is 0 Å². The Morgan fingerprint density at radius 3 is 2.59 bits per heavy atom. The predicted molar refractivity (Wildman–Crippen MR) is 95.3 cm³/mol. The van der Waals surface area contributed by atoms with Gasteiger partial charge in [-0.25, -0.2) is 4.98 Å². The lowest BCUT2D eigenvalue weighted by molar-refractivity contribution is -0.187. The van der Waals surface area contributed by atoms with Crippen molar-refractivity contribution in [1.82, 2.24) is 9.97 Å². The molecule has 0 spiro atoms. The number of aromatic nitrogens is 2. The van der Waals surface area contributed by atoms with Crippen molar-refractivity contribution in [3.05, 3.63) is 24.0 Å². The largest absolute Gasteiger partial charge is 0.411 e. The maximum absolute atomic E-state index is 12.2. The average molecular weight is 387 g/mol. The predicted octanol–water partition coefficient (Wildman–Crippen LogP) is 3.21. The van der Waals surface area contributed by atoms with E-state index in [9.17, 15) is 18.0 Å². The summed E-state index contributed by atoms with van der Waals surface area (Å²) in [6, 6.07) is 0.0115. The first kappa shape index (κ1) is 20.9. The summed E-state index contributed by atoms with van der Waals surface area (Å²) in [6.45, 7) is 4.50. The van der Waals surface area contributed by atoms with E-state index < -0.39 is 24.8 Å². The molecule has 0 aliphatic heterocycles. The van der Waals surface area contributed by atoms with Crippen LogP contribution in [0.25, 0.3) is 0 Å². The zero-order chi connectivity index (χ0) is 20.0. The van der Waals surface area contributed by atoms with Crippen LogP contribution >= 0.6 is 0 Å². The van der Waals surface area contributed by atoms with Crippen LogP contribution in [0.2, 0.25) is 0 Å². The highest BCUT2D eigenvalue weighted by atomic mass is 19.4. The quantitative estimate of drug-likeness (QED) is 0.633. The number of nitrogens with two attached hydrogens (primary N) is 1. The number of primary amides is 1. The Kier molecular flexibility index (Phi) is 7.00. The van der Waals surface area contributed by atoms with Crippen molar-refractivity contribution in [2.75, 3.05) is 17.2 Å². The number of carbonyl (C=O) groups is 1. The molecule has 1 saturated carbocycles. The van der Waals surface area contributed by atoms with E-state index in [0.29, 0.717) is 43.7 Å². The average Bonchev–Trinajstić information content (AvgIpc) is 2.60. The summed E-state index contributed by atoms with van der Waals surface area (Å²) >= 11 is 0. The molecule has 0 radical (unpaired) electrons. The molecule has 0 aromatic carbocycles. The van der Waals surface area contributed by atoms with E-state index in [0.717, 1.165) is 0 Å². The van der Waals surface area contributed by atoms with Crippen LogP contribution in [0.3, 0.4) is 0 Å². The number of alkyl halides is 3. The fraction of sp³-hybridized carbons (Fsp3) is 0.588. The Bertz CT molecular complexity index is 673. The molecule has 1 heterocycles. The number of allylic oxidation sites excluding steroid dienone is 1. The zero-order valence-corrected chi connectivity index (χ0v) is 15.1. The van der Waals surface area contributed by atoms with Crippen molar-refractivity contribution in [3.63, 3.8) is 0 Å². The lowest BCUT2D eigenvalue weighted by atomic mass is 9.93. The van der Waals surface area contributed by atoms with Gasteiger partial charge in [0.1, 0.15) is 18.0 Å². The van der Waals surface area contributed by atoms with E-state index in [1.807, 2.05) is 6.92 Å². The highest BCUT2D eigenvalue weighted by molar-refractivity contribution is 5.97. The molecule has 1 aromatic heterocycles. The highest BCUT2D eigenvalue weighted by Gasteiger charge is 2.31. The molecular formula is C17H24F3N5O2. The van der Waals surface area contributed by atoms with Crippen molar-refractivity contribution in [3.8, 4) is 0 Å². The smallest absolute Gasteiger partial charge is 0.369 e. The second-order valence-electron chi connectivity index (χ2n) is 6.45. The van der Waals surface area contributed by atoms with E-state index in [2.05, 4.69) is 27.2 Å². The lowest BCUT2D eigenvalue weighted by Crippen LogP contribution is -2.32. The third-order valence-corrected chi connectivity index (χ3v) is 4.27. The molecule has 2 rings (SSSR count). The van der Waals surface area contributed by atoms with Gasteiger partial charge in [0.15, 0.2) is 0 Å². The molecule has 0 saturated heterocycles. The molecule has 1 fully saturated rings. The number of carbonyl (C=O) groups excluding carboxylic acids is 1. The zero-order valence-electron chi connectivity index (χ0n) is 15.1. The third kappa shape index (κ3) is 6.70. The van der Waals surface area contributed by atoms with Crippen LogP contribution in [-0.2, 0) is 4.74 Å². The van der Waals surface area contributed by atoms with Crippen LogP contribution in [-0.4, -0.2) is 40.8 Å². The van der Waals surface area contributed by atoms with Gasteiger partial charge >= 0.3 is 6.18 Å². The Labute approximate surface area is 155 Å². The molecule has 0 bridgehead atoms. The molecule has 27 heavy (non-hydrogen) atoms. The maximum atomic E-state index is 12.2. The minimum Gasteiger partial charge on any atom is -0.369 e. The topological polar surface area (TPSA) is 102 Å². The molecule has 0 unspecified atom stereocenters. The first-order valence-electron chi connectivity index (χ1n) is 8.74. The summed E-state index contributed by atoms with van der Waals surface area (Å²) < 4.78 is 41.6. The highest BCUT2D eigenvalue weighted by Crippen LogP contribution is 2.26. The third-order valence-electron chi connectivity index (χ3n) is 4.27. The molecule has 1 aliphatic carbocycles. The van der Waals surface area contributed by atoms with Gasteiger partial charge in [-0.15, -0.1) is 0 Å². The van der Waals surface area contributed by atoms with Crippen LogP contribution in [0.5, 0.6) is 0 Å². The van der Waals surface area contributed by atoms with Gasteiger partial charge in [-0.2, -0.15) is 18.2 Å². The monoisotopic (exact) mass is 387 g/mol. The van der Waals surface area contributed by atoms with Crippen LogP contribution < -0.4 is 16.4 Å². The fourth-order valence-corrected chi connectivity index (χ4v) is 2.75. The van der Waals surface area contributed by atoms with Gasteiger partial charge in [0.2, 0.25) is 5.95 Å². The normalized spacial score (nSPS) is 20.1. The van der Waals surface area contributed by atoms with Crippen molar-refractivity contribution in [2.45, 2.75) is 57.3 Å². The van der Waals surface area contributed by atoms with Gasteiger partial charge in [0.25, 0.3) is 5.91 Å². The summed E-state index contributed by atoms with van der Waals surface area (Å²) in [5.74, 6) is -0.0737. The molecule has 150 valence electrons. The van der Waals surface area contributed by atoms with Gasteiger partial charge < -0.3 is 21.1 Å². The Morgan fingerprint density at radius 1 is 1.37 bits per heavy atom. The summed E-state index contributed by atoms with van der Waals surface area (Å²) in [5, 5.41) is 6.09. The molecule has 1 amide bonds. The molecule has 7 nitrogen and oxygen atoms in total. The number of amides is 1. The number of nitrogens with one attached hydrogen (secondary N) is 2. The minimum absolute atomic E-state index is 0.0115. The van der Waals surface area contributed by atoms with E-state index in [1.165, 1.54) is 6.20 Å². The number of nitrogens with zero attached hydrogens (tertiary/aromatic N) is 2. The summed E-state index contributed by atoms with van der Waals surface area (Å²) in [6.07, 6.45) is -0.421. The van der Waals surface area contributed by atoms with Crippen molar-refractivity contribution in [1.29, 1.82) is 0 Å². The summed E-state index contributed by atoms with van der Waals surface area (Å²) in [7, 11) is 0. The Balaban J connectivity index is 1.95. The number of ether oxygens (including phenoxy) is 1. The fourth-order valence-electron chi connectivity index (χ4n) is 2.75. The summed E-state index contributed by atoms with van der Waals surface area (Å²) in [4.78, 5) is 19.9. The summed E-state index contributed by atoms with van der Waals surface area (Å²) in [5.41, 5.74) is 6.16. The van der Waals surface area contributed by atoms with E-state index in [-0.39, 0.29) is 17.4 Å². The standard InChI is InChI=1S/C17H24F3N5O2/c1-3-10(2)23-15-13(14(21)26)8-22-16(25-15)24-11-4-6-12(7-5-11)27-9-17(18,19)20/h8,11-12H,2-7,9H2,1H3,(H2,21,26)(H2,22,23,24,25)/t11-,12-. The number of halogens is 3. The molecule has 1 aliphatic rings. The van der Waals surface area contributed by atoms with Crippen LogP contribution in [0.4, 0.5) is 24.9 Å². The Morgan fingerprint density at radius 2 is 2.04 bits per heavy atom. The second-order valence-corrected chi connectivity index (χ2v) is 6.45. The molecule has 1 aromatic rings. The van der Waals surface area contributed by atoms with E-state index >= 15 is 0 Å². The van der Waals surface area contributed by atoms with Crippen LogP contribution in [0.1, 0.15) is 49.4 Å². The van der Waals surface area contributed by atoms with Gasteiger partial charge in [-0.05, 0) is 32.1 Å². The van der Waals surface area contributed by atoms with Crippen LogP contribution in [0.15, 0.2) is 18.5 Å². The van der Waals surface area contributed by atoms with E-state index in [4.69, 9.17) is 10.5 Å². The van der Waals surface area contributed by atoms with Crippen molar-refractivity contribution >= 4 is 17.7 Å². The van der Waals surface area contributed by atoms with E-state index in [1.54, 1.807) is 0 Å². The second kappa shape index (κ2) is 9.03. The molecule has 4 N–H and O–H groups in total. The van der Waals surface area contributed by atoms with Crippen molar-refractivity contribution < 1.29 is 22.7 Å². The lowest BCUT2D eigenvalue weighted by Gasteiger charge is -2.29. The SMILES string of the molecule is C=C(CC)Nc1nc(N[C@H]2CC[C@H](OCC(F)(F)F)CC2)ncc1C(N)=O. The first-order valence-corrected chi connectivity index (χ1v) is 8.74. The molecule has 0 atom stereocenters. The number of hydrogen-bond acceptors (Lipinski definition) is 6. The van der Waals surface area contributed by atoms with Gasteiger partial charge in [-0.3, -0.25) is 4.79 Å². The number of rotatable bonds is 8. The first-order chi connectivity index (χ1) is 12.7. The number of anilines is 2. The molecular weight excluding hydrogens is 363 g/mol. The van der Waals surface area contributed by atoms with Gasteiger partial charge in [-0.1, -0.05) is 13.5 Å². The Hall–Kier alpha value is -2.36. The minimum atomic E-state index is -4.31. The van der Waals surface area contributed by atoms with Gasteiger partial charge in [0, 0.05) is 17.9 Å². The number of hydrogen-bond donors (Lipinski definition) is 3. The molecule has 10 heteroatoms. The maximum Gasteiger partial charge on any atom is 0.411 e.